The number of pyridine rings is 1. The van der Waals surface area contributed by atoms with Gasteiger partial charge in [-0.15, -0.1) is 11.8 Å². The smallest absolute Gasteiger partial charge is 0.255 e. The quantitative estimate of drug-likeness (QED) is 0.443. The number of rotatable bonds is 4. The van der Waals surface area contributed by atoms with Crippen molar-refractivity contribution in [3.8, 4) is 0 Å². The first-order valence-electron chi connectivity index (χ1n) is 9.98. The van der Waals surface area contributed by atoms with E-state index in [1.807, 2.05) is 24.3 Å². The number of fused-ring (bicyclic) bond motifs is 2. The van der Waals surface area contributed by atoms with E-state index in [0.717, 1.165) is 29.8 Å². The van der Waals surface area contributed by atoms with Gasteiger partial charge in [0.1, 0.15) is 0 Å². The van der Waals surface area contributed by atoms with Gasteiger partial charge < -0.3 is 4.90 Å². The minimum absolute atomic E-state index is 0. The van der Waals surface area contributed by atoms with Crippen molar-refractivity contribution in [2.45, 2.75) is 64.2 Å². The molecule has 0 unspecified atom stereocenters. The number of halogens is 2. The molecule has 1 saturated heterocycles. The standard InChI is InChI=1S/C23H26Cl2N2OS.CH4/c1-22(2)8-17-9-23(3,13-22)14-27(17)21(28)16-7-15(10-26-11-16)12-29-20-18(24)5-4-6-19(20)25;/h4-7,10-11,17H,8-9,12-14H2,1-3H3;1H4/t17-,23-;/m1./s1. The molecule has 2 aromatic rings. The molecule has 2 heterocycles. The largest absolute Gasteiger partial charge is 0.335 e. The second-order valence-electron chi connectivity index (χ2n) is 9.57. The number of nitrogens with zero attached hydrogens (tertiary/aromatic N) is 2. The van der Waals surface area contributed by atoms with Crippen LogP contribution in [0.3, 0.4) is 0 Å². The first-order valence-corrected chi connectivity index (χ1v) is 11.7. The molecule has 2 bridgehead atoms. The minimum Gasteiger partial charge on any atom is -0.335 e. The Morgan fingerprint density at radius 1 is 1.20 bits per heavy atom. The summed E-state index contributed by atoms with van der Waals surface area (Å²) in [5.41, 5.74) is 2.18. The topological polar surface area (TPSA) is 33.2 Å². The molecule has 2 aliphatic rings. The lowest BCUT2D eigenvalue weighted by atomic mass is 9.65. The second kappa shape index (κ2) is 8.72. The highest BCUT2D eigenvalue weighted by Crippen LogP contribution is 2.52. The number of hydrogen-bond donors (Lipinski definition) is 0. The maximum Gasteiger partial charge on any atom is 0.255 e. The summed E-state index contributed by atoms with van der Waals surface area (Å²) in [4.78, 5) is 20.6. The number of likely N-dealkylation sites (tertiary alicyclic amines) is 1. The van der Waals surface area contributed by atoms with Crippen molar-refractivity contribution in [2.75, 3.05) is 6.54 Å². The number of aromatic nitrogens is 1. The normalized spacial score (nSPS) is 24.4. The molecule has 2 atom stereocenters. The van der Waals surface area contributed by atoms with Gasteiger partial charge in [0.05, 0.1) is 15.6 Å². The molecular weight excluding hydrogens is 435 g/mol. The third-order valence-electron chi connectivity index (χ3n) is 6.02. The van der Waals surface area contributed by atoms with Gasteiger partial charge in [0.2, 0.25) is 0 Å². The van der Waals surface area contributed by atoms with Crippen molar-refractivity contribution in [2.24, 2.45) is 10.8 Å². The van der Waals surface area contributed by atoms with E-state index < -0.39 is 0 Å². The Kier molecular flexibility index (Phi) is 6.81. The van der Waals surface area contributed by atoms with Crippen LogP contribution in [0.4, 0.5) is 0 Å². The molecule has 1 amide bonds. The van der Waals surface area contributed by atoms with E-state index in [4.69, 9.17) is 23.2 Å². The second-order valence-corrected chi connectivity index (χ2v) is 11.4. The van der Waals surface area contributed by atoms with Crippen molar-refractivity contribution < 1.29 is 4.79 Å². The molecule has 6 heteroatoms. The lowest BCUT2D eigenvalue weighted by Crippen LogP contribution is -2.37. The summed E-state index contributed by atoms with van der Waals surface area (Å²) in [7, 11) is 0. The summed E-state index contributed by atoms with van der Waals surface area (Å²) in [6, 6.07) is 7.80. The molecule has 0 N–H and O–H groups in total. The Bertz CT molecular complexity index is 928. The molecule has 4 rings (SSSR count). The predicted molar refractivity (Wildman–Crippen MR) is 128 cm³/mol. The minimum atomic E-state index is 0. The summed E-state index contributed by atoms with van der Waals surface area (Å²) in [5, 5.41) is 1.28. The van der Waals surface area contributed by atoms with Crippen LogP contribution in [0.2, 0.25) is 10.0 Å². The van der Waals surface area contributed by atoms with E-state index in [9.17, 15) is 4.79 Å². The Labute approximate surface area is 194 Å². The van der Waals surface area contributed by atoms with E-state index in [0.29, 0.717) is 27.4 Å². The van der Waals surface area contributed by atoms with Crippen LogP contribution in [-0.2, 0) is 5.75 Å². The summed E-state index contributed by atoms with van der Waals surface area (Å²) in [5.74, 6) is 0.762. The number of hydrogen-bond acceptors (Lipinski definition) is 3. The van der Waals surface area contributed by atoms with Gasteiger partial charge in [-0.25, -0.2) is 0 Å². The lowest BCUT2D eigenvalue weighted by molar-refractivity contribution is 0.0707. The van der Waals surface area contributed by atoms with E-state index in [2.05, 4.69) is 30.7 Å². The molecule has 1 aromatic carbocycles. The molecule has 1 aliphatic carbocycles. The SMILES string of the molecule is C.CC1(C)C[C@@H]2C[C@@](C)(CN2C(=O)c2cncc(CSc3c(Cl)cccc3Cl)c2)C1. The highest BCUT2D eigenvalue weighted by atomic mass is 35.5. The summed E-state index contributed by atoms with van der Waals surface area (Å²) >= 11 is 14.1. The van der Waals surface area contributed by atoms with Gasteiger partial charge in [-0.1, -0.05) is 57.5 Å². The zero-order valence-electron chi connectivity index (χ0n) is 17.0. The predicted octanol–water partition coefficient (Wildman–Crippen LogP) is 7.36. The third-order valence-corrected chi connectivity index (χ3v) is 8.08. The van der Waals surface area contributed by atoms with E-state index in [1.165, 1.54) is 6.42 Å². The Morgan fingerprint density at radius 2 is 1.90 bits per heavy atom. The van der Waals surface area contributed by atoms with E-state index >= 15 is 0 Å². The fraction of sp³-hybridized carbons (Fsp3) is 0.500. The Balaban J connectivity index is 0.00000256. The van der Waals surface area contributed by atoms with Crippen molar-refractivity contribution in [3.05, 3.63) is 57.8 Å². The zero-order chi connectivity index (χ0) is 20.8. The average molecular weight is 465 g/mol. The van der Waals surface area contributed by atoms with Crippen LogP contribution in [0.1, 0.15) is 63.4 Å². The zero-order valence-corrected chi connectivity index (χ0v) is 19.4. The van der Waals surface area contributed by atoms with Crippen LogP contribution in [-0.4, -0.2) is 28.4 Å². The summed E-state index contributed by atoms with van der Waals surface area (Å²) in [6.07, 6.45) is 6.85. The van der Waals surface area contributed by atoms with Gasteiger partial charge in [0, 0.05) is 35.6 Å². The molecule has 0 spiro atoms. The fourth-order valence-electron chi connectivity index (χ4n) is 5.32. The number of carbonyl (C=O) groups excluding carboxylic acids is 1. The maximum absolute atomic E-state index is 13.3. The van der Waals surface area contributed by atoms with Gasteiger partial charge in [0.15, 0.2) is 0 Å². The number of thioether (sulfide) groups is 1. The van der Waals surface area contributed by atoms with Crippen molar-refractivity contribution in [3.63, 3.8) is 0 Å². The number of amides is 1. The third kappa shape index (κ3) is 4.81. The van der Waals surface area contributed by atoms with E-state index in [1.54, 1.807) is 24.2 Å². The molecule has 30 heavy (non-hydrogen) atoms. The van der Waals surface area contributed by atoms with Gasteiger partial charge in [-0.3, -0.25) is 9.78 Å². The van der Waals surface area contributed by atoms with Gasteiger partial charge in [0.25, 0.3) is 5.91 Å². The van der Waals surface area contributed by atoms with Crippen LogP contribution in [0.5, 0.6) is 0 Å². The Hall–Kier alpha value is -1.23. The molecule has 162 valence electrons. The molecule has 0 radical (unpaired) electrons. The van der Waals surface area contributed by atoms with E-state index in [-0.39, 0.29) is 24.2 Å². The summed E-state index contributed by atoms with van der Waals surface area (Å²) in [6.45, 7) is 7.82. The molecule has 1 aromatic heterocycles. The lowest BCUT2D eigenvalue weighted by Gasteiger charge is -2.39. The maximum atomic E-state index is 13.3. The van der Waals surface area contributed by atoms with Crippen LogP contribution in [0.25, 0.3) is 0 Å². The van der Waals surface area contributed by atoms with Crippen LogP contribution in [0, 0.1) is 10.8 Å². The van der Waals surface area contributed by atoms with Gasteiger partial charge in [-0.2, -0.15) is 0 Å². The number of benzene rings is 1. The average Bonchev–Trinajstić information content (AvgIpc) is 2.89. The Morgan fingerprint density at radius 3 is 2.60 bits per heavy atom. The van der Waals surface area contributed by atoms with Crippen molar-refractivity contribution in [1.82, 2.24) is 9.88 Å². The summed E-state index contributed by atoms with van der Waals surface area (Å²) < 4.78 is 0. The monoisotopic (exact) mass is 464 g/mol. The van der Waals surface area contributed by atoms with Crippen LogP contribution < -0.4 is 0 Å². The van der Waals surface area contributed by atoms with Crippen molar-refractivity contribution in [1.29, 1.82) is 0 Å². The first kappa shape index (κ1) is 23.4. The fourth-order valence-corrected chi connectivity index (χ4v) is 6.93. The highest BCUT2D eigenvalue weighted by molar-refractivity contribution is 7.98. The number of carbonyl (C=O) groups is 1. The van der Waals surface area contributed by atoms with Crippen LogP contribution >= 0.6 is 35.0 Å². The molecular formula is C24H30Cl2N2OS. The highest BCUT2D eigenvalue weighted by Gasteiger charge is 2.51. The van der Waals surface area contributed by atoms with Gasteiger partial charge in [-0.05, 0) is 53.9 Å². The molecule has 1 saturated carbocycles. The van der Waals surface area contributed by atoms with Gasteiger partial charge >= 0.3 is 0 Å². The molecule has 2 fully saturated rings. The van der Waals surface area contributed by atoms with Crippen LogP contribution in [0.15, 0.2) is 41.6 Å². The van der Waals surface area contributed by atoms with Crippen molar-refractivity contribution >= 4 is 40.9 Å². The molecule has 3 nitrogen and oxygen atoms in total. The molecule has 1 aliphatic heterocycles. The first-order chi connectivity index (χ1) is 13.7.